The van der Waals surface area contributed by atoms with E-state index in [1.165, 1.54) is 12.1 Å². The largest absolute Gasteiger partial charge is 0.417 e. The molecule has 0 bridgehead atoms. The van der Waals surface area contributed by atoms with Crippen molar-refractivity contribution in [3.8, 4) is 0 Å². The lowest BCUT2D eigenvalue weighted by molar-refractivity contribution is -0.138. The van der Waals surface area contributed by atoms with Gasteiger partial charge in [-0.1, -0.05) is 15.9 Å². The maximum atomic E-state index is 12.8. The van der Waals surface area contributed by atoms with Crippen molar-refractivity contribution < 1.29 is 22.7 Å². The highest BCUT2D eigenvalue weighted by Gasteiger charge is 2.33. The van der Waals surface area contributed by atoms with Crippen molar-refractivity contribution in [2.45, 2.75) is 32.5 Å². The molecule has 0 saturated carbocycles. The first-order valence-corrected chi connectivity index (χ1v) is 7.15. The number of carbonyl (C=O) groups is 1. The lowest BCUT2D eigenvalue weighted by Crippen LogP contribution is -2.40. The molecule has 0 aliphatic heterocycles. The van der Waals surface area contributed by atoms with Gasteiger partial charge in [0.05, 0.1) is 11.2 Å². The number of halogens is 4. The van der Waals surface area contributed by atoms with Crippen LogP contribution < -0.4 is 5.32 Å². The van der Waals surface area contributed by atoms with Gasteiger partial charge in [-0.05, 0) is 39.0 Å². The molecule has 1 aromatic carbocycles. The topological polar surface area (TPSA) is 38.3 Å². The van der Waals surface area contributed by atoms with Crippen molar-refractivity contribution in [3.63, 3.8) is 0 Å². The fourth-order valence-electron chi connectivity index (χ4n) is 1.72. The van der Waals surface area contributed by atoms with Crippen molar-refractivity contribution in [2.24, 2.45) is 0 Å². The van der Waals surface area contributed by atoms with Gasteiger partial charge in [0.1, 0.15) is 0 Å². The lowest BCUT2D eigenvalue weighted by atomic mass is 10.1. The Kier molecular flexibility index (Phi) is 5.81. The van der Waals surface area contributed by atoms with E-state index in [1.807, 2.05) is 6.92 Å². The number of ether oxygens (including phenoxy) is 1. The summed E-state index contributed by atoms with van der Waals surface area (Å²) in [6.45, 7) is 6.10. The molecule has 0 unspecified atom stereocenters. The highest BCUT2D eigenvalue weighted by Crippen LogP contribution is 2.35. The average molecular weight is 368 g/mol. The Morgan fingerprint density at radius 3 is 2.48 bits per heavy atom. The van der Waals surface area contributed by atoms with Crippen molar-refractivity contribution in [3.05, 3.63) is 33.8 Å². The molecule has 0 aliphatic rings. The minimum Gasteiger partial charge on any atom is -0.374 e. The third-order valence-electron chi connectivity index (χ3n) is 2.74. The van der Waals surface area contributed by atoms with Gasteiger partial charge in [0, 0.05) is 23.2 Å². The zero-order valence-corrected chi connectivity index (χ0v) is 13.6. The number of hydrogen-bond donors (Lipinski definition) is 1. The van der Waals surface area contributed by atoms with E-state index in [4.69, 9.17) is 4.74 Å². The fourth-order valence-corrected chi connectivity index (χ4v) is 2.19. The number of alkyl halides is 3. The number of hydrogen-bond acceptors (Lipinski definition) is 2. The zero-order chi connectivity index (χ0) is 16.3. The summed E-state index contributed by atoms with van der Waals surface area (Å²) in [6, 6.07) is 3.38. The van der Waals surface area contributed by atoms with Crippen LogP contribution in [-0.2, 0) is 10.9 Å². The molecule has 7 heteroatoms. The summed E-state index contributed by atoms with van der Waals surface area (Å²) in [7, 11) is 0. The second-order valence-electron chi connectivity index (χ2n) is 5.07. The summed E-state index contributed by atoms with van der Waals surface area (Å²) in [5, 5.41) is 2.58. The molecule has 21 heavy (non-hydrogen) atoms. The third-order valence-corrected chi connectivity index (χ3v) is 3.44. The second kappa shape index (κ2) is 6.79. The Hall–Kier alpha value is -1.08. The van der Waals surface area contributed by atoms with Crippen LogP contribution in [0, 0.1) is 0 Å². The first-order valence-electron chi connectivity index (χ1n) is 6.36. The summed E-state index contributed by atoms with van der Waals surface area (Å²) in [4.78, 5) is 11.9. The molecule has 0 heterocycles. The zero-order valence-electron chi connectivity index (χ0n) is 12.0. The Balaban J connectivity index is 2.85. The fraction of sp³-hybridized carbons (Fsp3) is 0.500. The quantitative estimate of drug-likeness (QED) is 0.853. The van der Waals surface area contributed by atoms with Crippen molar-refractivity contribution in [1.29, 1.82) is 0 Å². The maximum Gasteiger partial charge on any atom is 0.417 e. The van der Waals surface area contributed by atoms with Gasteiger partial charge in [0.2, 0.25) is 0 Å². The normalized spacial score (nSPS) is 12.3. The molecule has 1 amide bonds. The monoisotopic (exact) mass is 367 g/mol. The number of carbonyl (C=O) groups excluding carboxylic acids is 1. The summed E-state index contributed by atoms with van der Waals surface area (Å²) < 4.78 is 43.7. The van der Waals surface area contributed by atoms with Crippen LogP contribution in [-0.4, -0.2) is 24.7 Å². The molecular weight excluding hydrogens is 351 g/mol. The van der Waals surface area contributed by atoms with E-state index < -0.39 is 23.2 Å². The SMILES string of the molecule is CCOC(C)(C)CNC(=O)c1ccc(Br)c(C(F)(F)F)c1. The number of rotatable bonds is 5. The van der Waals surface area contributed by atoms with Gasteiger partial charge < -0.3 is 10.1 Å². The lowest BCUT2D eigenvalue weighted by Gasteiger charge is -2.25. The summed E-state index contributed by atoms with van der Waals surface area (Å²) in [6.07, 6.45) is -4.51. The van der Waals surface area contributed by atoms with Crippen LogP contribution in [0.2, 0.25) is 0 Å². The van der Waals surface area contributed by atoms with Gasteiger partial charge in [-0.15, -0.1) is 0 Å². The van der Waals surface area contributed by atoms with Gasteiger partial charge in [-0.3, -0.25) is 4.79 Å². The van der Waals surface area contributed by atoms with E-state index in [2.05, 4.69) is 21.2 Å². The Morgan fingerprint density at radius 2 is 1.95 bits per heavy atom. The molecule has 0 atom stereocenters. The van der Waals surface area contributed by atoms with Crippen LogP contribution in [0.15, 0.2) is 22.7 Å². The molecule has 3 nitrogen and oxygen atoms in total. The van der Waals surface area contributed by atoms with E-state index >= 15 is 0 Å². The third kappa shape index (κ3) is 5.32. The number of benzene rings is 1. The summed E-state index contributed by atoms with van der Waals surface area (Å²) in [5.74, 6) is -0.569. The first-order chi connectivity index (χ1) is 9.57. The molecule has 0 saturated heterocycles. The Bertz CT molecular complexity index is 515. The molecule has 1 N–H and O–H groups in total. The van der Waals surface area contributed by atoms with Crippen LogP contribution >= 0.6 is 15.9 Å². The molecule has 1 rings (SSSR count). The van der Waals surface area contributed by atoms with Crippen molar-refractivity contribution >= 4 is 21.8 Å². The minimum absolute atomic E-state index is 0.0437. The van der Waals surface area contributed by atoms with Crippen LogP contribution in [0.25, 0.3) is 0 Å². The van der Waals surface area contributed by atoms with Crippen LogP contribution in [0.4, 0.5) is 13.2 Å². The molecule has 0 fully saturated rings. The number of amides is 1. The highest BCUT2D eigenvalue weighted by molar-refractivity contribution is 9.10. The van der Waals surface area contributed by atoms with Crippen LogP contribution in [0.5, 0.6) is 0 Å². The van der Waals surface area contributed by atoms with Gasteiger partial charge >= 0.3 is 6.18 Å². The van der Waals surface area contributed by atoms with Crippen LogP contribution in [0.1, 0.15) is 36.7 Å². The van der Waals surface area contributed by atoms with Gasteiger partial charge in [-0.25, -0.2) is 0 Å². The first kappa shape index (κ1) is 18.0. The highest BCUT2D eigenvalue weighted by atomic mass is 79.9. The van der Waals surface area contributed by atoms with Crippen LogP contribution in [0.3, 0.4) is 0 Å². The molecule has 0 aromatic heterocycles. The predicted molar refractivity (Wildman–Crippen MR) is 77.2 cm³/mol. The summed E-state index contributed by atoms with van der Waals surface area (Å²) in [5.41, 5.74) is -1.50. The average Bonchev–Trinajstić information content (AvgIpc) is 2.35. The van der Waals surface area contributed by atoms with Crippen molar-refractivity contribution in [1.82, 2.24) is 5.32 Å². The molecule has 0 spiro atoms. The Morgan fingerprint density at radius 1 is 1.33 bits per heavy atom. The van der Waals surface area contributed by atoms with Gasteiger partial charge in [-0.2, -0.15) is 13.2 Å². The smallest absolute Gasteiger partial charge is 0.374 e. The van der Waals surface area contributed by atoms with Crippen molar-refractivity contribution in [2.75, 3.05) is 13.2 Å². The second-order valence-corrected chi connectivity index (χ2v) is 5.92. The standard InChI is InChI=1S/C14H17BrF3NO2/c1-4-21-13(2,3)8-19-12(20)9-5-6-11(15)10(7-9)14(16,17)18/h5-7H,4,8H2,1-3H3,(H,19,20). The minimum atomic E-state index is -4.51. The van der Waals surface area contributed by atoms with E-state index in [-0.39, 0.29) is 16.6 Å². The van der Waals surface area contributed by atoms with E-state index in [9.17, 15) is 18.0 Å². The predicted octanol–water partition coefficient (Wildman–Crippen LogP) is 4.01. The number of nitrogens with one attached hydrogen (secondary N) is 1. The van der Waals surface area contributed by atoms with Gasteiger partial charge in [0.15, 0.2) is 0 Å². The van der Waals surface area contributed by atoms with Gasteiger partial charge in [0.25, 0.3) is 5.91 Å². The molecule has 118 valence electrons. The Labute approximate surface area is 130 Å². The molecule has 0 radical (unpaired) electrons. The van der Waals surface area contributed by atoms with E-state index in [1.54, 1.807) is 13.8 Å². The van der Waals surface area contributed by atoms with E-state index in [0.29, 0.717) is 6.61 Å². The summed E-state index contributed by atoms with van der Waals surface area (Å²) >= 11 is 2.83. The molecule has 1 aromatic rings. The van der Waals surface area contributed by atoms with E-state index in [0.717, 1.165) is 6.07 Å². The molecular formula is C14H17BrF3NO2. The molecule has 0 aliphatic carbocycles. The maximum absolute atomic E-state index is 12.8.